The van der Waals surface area contributed by atoms with Gasteiger partial charge in [0.15, 0.2) is 18.1 Å². The molecule has 1 aliphatic heterocycles. The van der Waals surface area contributed by atoms with Gasteiger partial charge in [0.25, 0.3) is 5.91 Å². The van der Waals surface area contributed by atoms with Crippen LogP contribution in [0.25, 0.3) is 0 Å². The number of carbonyl (C=O) groups is 2. The van der Waals surface area contributed by atoms with Gasteiger partial charge in [-0.15, -0.1) is 0 Å². The van der Waals surface area contributed by atoms with Gasteiger partial charge in [0.2, 0.25) is 6.10 Å². The number of hydrogen-bond donors (Lipinski definition) is 1. The molecule has 0 unspecified atom stereocenters. The molecule has 0 radical (unpaired) electrons. The van der Waals surface area contributed by atoms with Crippen molar-refractivity contribution in [2.45, 2.75) is 13.0 Å². The fourth-order valence-corrected chi connectivity index (χ4v) is 2.40. The minimum Gasteiger partial charge on any atom is -0.492 e. The average Bonchev–Trinajstić information content (AvgIpc) is 2.67. The Hall–Kier alpha value is -3.22. The maximum Gasteiger partial charge on any atom is 0.351 e. The van der Waals surface area contributed by atoms with E-state index >= 15 is 0 Å². The first kappa shape index (κ1) is 17.6. The molecule has 7 heteroatoms. The van der Waals surface area contributed by atoms with Crippen LogP contribution in [0.4, 0.5) is 5.69 Å². The SMILES string of the molecule is CCOc1ccccc1NC(=O)COC(=O)[C@@H]1COc2ccccc2O1. The van der Waals surface area contributed by atoms with Crippen molar-refractivity contribution in [3.8, 4) is 17.2 Å². The molecule has 136 valence electrons. The van der Waals surface area contributed by atoms with Crippen molar-refractivity contribution in [3.63, 3.8) is 0 Å². The molecular formula is C19H19NO6. The zero-order valence-corrected chi connectivity index (χ0v) is 14.3. The van der Waals surface area contributed by atoms with E-state index in [-0.39, 0.29) is 6.61 Å². The predicted molar refractivity (Wildman–Crippen MR) is 93.6 cm³/mol. The summed E-state index contributed by atoms with van der Waals surface area (Å²) in [5, 5.41) is 2.66. The second-order valence-corrected chi connectivity index (χ2v) is 5.45. The first-order valence-corrected chi connectivity index (χ1v) is 8.24. The third-order valence-electron chi connectivity index (χ3n) is 3.58. The number of para-hydroxylation sites is 4. The van der Waals surface area contributed by atoms with Crippen LogP contribution >= 0.6 is 0 Å². The Morgan fingerprint density at radius 2 is 1.85 bits per heavy atom. The number of carbonyl (C=O) groups excluding carboxylic acids is 2. The lowest BCUT2D eigenvalue weighted by Crippen LogP contribution is -2.39. The van der Waals surface area contributed by atoms with Crippen molar-refractivity contribution in [1.82, 2.24) is 0 Å². The van der Waals surface area contributed by atoms with Crippen LogP contribution in [0.5, 0.6) is 17.2 Å². The Balaban J connectivity index is 1.51. The molecular weight excluding hydrogens is 338 g/mol. The summed E-state index contributed by atoms with van der Waals surface area (Å²) in [6, 6.07) is 14.1. The van der Waals surface area contributed by atoms with E-state index in [0.717, 1.165) is 0 Å². The summed E-state index contributed by atoms with van der Waals surface area (Å²) in [6.07, 6.45) is -0.909. The van der Waals surface area contributed by atoms with Gasteiger partial charge in [-0.3, -0.25) is 4.79 Å². The first-order valence-electron chi connectivity index (χ1n) is 8.24. The number of esters is 1. The minimum atomic E-state index is -0.909. The van der Waals surface area contributed by atoms with Gasteiger partial charge in [-0.05, 0) is 31.2 Å². The highest BCUT2D eigenvalue weighted by Crippen LogP contribution is 2.31. The Labute approximate surface area is 150 Å². The molecule has 0 spiro atoms. The van der Waals surface area contributed by atoms with Crippen molar-refractivity contribution in [1.29, 1.82) is 0 Å². The van der Waals surface area contributed by atoms with Crippen LogP contribution in [-0.4, -0.2) is 37.8 Å². The quantitative estimate of drug-likeness (QED) is 0.800. The largest absolute Gasteiger partial charge is 0.492 e. The van der Waals surface area contributed by atoms with Gasteiger partial charge in [-0.2, -0.15) is 0 Å². The lowest BCUT2D eigenvalue weighted by Gasteiger charge is -2.24. The van der Waals surface area contributed by atoms with Crippen molar-refractivity contribution < 1.29 is 28.5 Å². The number of rotatable bonds is 6. The Morgan fingerprint density at radius 3 is 2.65 bits per heavy atom. The van der Waals surface area contributed by atoms with E-state index in [4.69, 9.17) is 18.9 Å². The van der Waals surface area contributed by atoms with Crippen LogP contribution in [0.1, 0.15) is 6.92 Å². The van der Waals surface area contributed by atoms with Crippen LogP contribution < -0.4 is 19.5 Å². The highest BCUT2D eigenvalue weighted by Gasteiger charge is 2.29. The number of ether oxygens (including phenoxy) is 4. The number of anilines is 1. The Bertz CT molecular complexity index is 791. The molecule has 1 atom stereocenters. The monoisotopic (exact) mass is 357 g/mol. The summed E-state index contributed by atoms with van der Waals surface area (Å²) >= 11 is 0. The molecule has 1 aliphatic rings. The van der Waals surface area contributed by atoms with E-state index in [1.54, 1.807) is 42.5 Å². The zero-order valence-electron chi connectivity index (χ0n) is 14.3. The lowest BCUT2D eigenvalue weighted by molar-refractivity contribution is -0.156. The molecule has 3 rings (SSSR count). The molecule has 7 nitrogen and oxygen atoms in total. The predicted octanol–water partition coefficient (Wildman–Crippen LogP) is 2.41. The fourth-order valence-electron chi connectivity index (χ4n) is 2.40. The normalized spacial score (nSPS) is 15.0. The Morgan fingerprint density at radius 1 is 1.12 bits per heavy atom. The highest BCUT2D eigenvalue weighted by molar-refractivity contribution is 5.94. The first-order chi connectivity index (χ1) is 12.7. The standard InChI is InChI=1S/C19H19NO6/c1-2-23-14-8-4-3-7-13(14)20-18(21)12-25-19(22)17-11-24-15-9-5-6-10-16(15)26-17/h3-10,17H,2,11-12H2,1H3,(H,20,21)/t17-/m0/s1. The van der Waals surface area contributed by atoms with Crippen LogP contribution in [0.3, 0.4) is 0 Å². The minimum absolute atomic E-state index is 0.0324. The van der Waals surface area contributed by atoms with E-state index in [1.165, 1.54) is 0 Å². The molecule has 0 fully saturated rings. The van der Waals surface area contributed by atoms with Crippen molar-refractivity contribution >= 4 is 17.6 Å². The molecule has 0 saturated carbocycles. The summed E-state index contributed by atoms with van der Waals surface area (Å²) in [5.74, 6) is 0.461. The number of amides is 1. The number of hydrogen-bond acceptors (Lipinski definition) is 6. The van der Waals surface area contributed by atoms with E-state index < -0.39 is 24.6 Å². The lowest BCUT2D eigenvalue weighted by atomic mass is 10.2. The second kappa shape index (κ2) is 8.24. The van der Waals surface area contributed by atoms with Gasteiger partial charge in [-0.25, -0.2) is 4.79 Å². The molecule has 2 aromatic carbocycles. The van der Waals surface area contributed by atoms with Crippen LogP contribution in [0.2, 0.25) is 0 Å². The maximum absolute atomic E-state index is 12.1. The molecule has 2 aromatic rings. The summed E-state index contributed by atoms with van der Waals surface area (Å²) in [5.41, 5.74) is 0.515. The van der Waals surface area contributed by atoms with Crippen molar-refractivity contribution in [3.05, 3.63) is 48.5 Å². The van der Waals surface area contributed by atoms with Gasteiger partial charge in [0.05, 0.1) is 12.3 Å². The molecule has 1 N–H and O–H groups in total. The van der Waals surface area contributed by atoms with E-state index in [9.17, 15) is 9.59 Å². The fraction of sp³-hybridized carbons (Fsp3) is 0.263. The highest BCUT2D eigenvalue weighted by atomic mass is 16.6. The van der Waals surface area contributed by atoms with E-state index in [2.05, 4.69) is 5.32 Å². The molecule has 26 heavy (non-hydrogen) atoms. The van der Waals surface area contributed by atoms with Crippen LogP contribution in [0.15, 0.2) is 48.5 Å². The number of benzene rings is 2. The summed E-state index contributed by atoms with van der Waals surface area (Å²) in [6.45, 7) is 1.93. The molecule has 0 aromatic heterocycles. The third-order valence-corrected chi connectivity index (χ3v) is 3.58. The summed E-state index contributed by atoms with van der Waals surface area (Å²) < 4.78 is 21.5. The number of nitrogens with one attached hydrogen (secondary N) is 1. The Kier molecular flexibility index (Phi) is 5.58. The van der Waals surface area contributed by atoms with Gasteiger partial charge in [0.1, 0.15) is 12.4 Å². The van der Waals surface area contributed by atoms with Gasteiger partial charge < -0.3 is 24.3 Å². The van der Waals surface area contributed by atoms with Crippen LogP contribution in [0, 0.1) is 0 Å². The van der Waals surface area contributed by atoms with E-state index in [1.807, 2.05) is 13.0 Å². The third kappa shape index (κ3) is 4.24. The molecule has 1 heterocycles. The maximum atomic E-state index is 12.1. The van der Waals surface area contributed by atoms with Crippen molar-refractivity contribution in [2.24, 2.45) is 0 Å². The summed E-state index contributed by atoms with van der Waals surface area (Å²) in [4.78, 5) is 24.1. The van der Waals surface area contributed by atoms with Crippen LogP contribution in [-0.2, 0) is 14.3 Å². The smallest absolute Gasteiger partial charge is 0.351 e. The molecule has 0 saturated heterocycles. The van der Waals surface area contributed by atoms with Gasteiger partial charge in [-0.1, -0.05) is 24.3 Å². The molecule has 0 bridgehead atoms. The molecule has 1 amide bonds. The average molecular weight is 357 g/mol. The van der Waals surface area contributed by atoms with Gasteiger partial charge in [0, 0.05) is 0 Å². The second-order valence-electron chi connectivity index (χ2n) is 5.45. The van der Waals surface area contributed by atoms with Gasteiger partial charge >= 0.3 is 5.97 Å². The van der Waals surface area contributed by atoms with E-state index in [0.29, 0.717) is 29.5 Å². The number of fused-ring (bicyclic) bond motifs is 1. The summed E-state index contributed by atoms with van der Waals surface area (Å²) in [7, 11) is 0. The zero-order chi connectivity index (χ0) is 18.4. The topological polar surface area (TPSA) is 83.1 Å². The van der Waals surface area contributed by atoms with Crippen molar-refractivity contribution in [2.75, 3.05) is 25.1 Å². The molecule has 0 aliphatic carbocycles.